The van der Waals surface area contributed by atoms with Gasteiger partial charge < -0.3 is 5.32 Å². The van der Waals surface area contributed by atoms with E-state index >= 15 is 0 Å². The minimum Gasteiger partial charge on any atom is -0.377 e. The molecule has 0 aromatic heterocycles. The van der Waals surface area contributed by atoms with E-state index in [1.54, 1.807) is 0 Å². The van der Waals surface area contributed by atoms with E-state index in [1.807, 2.05) is 6.07 Å². The number of benzene rings is 2. The van der Waals surface area contributed by atoms with E-state index in [1.165, 1.54) is 23.3 Å². The van der Waals surface area contributed by atoms with Crippen molar-refractivity contribution in [3.63, 3.8) is 0 Å². The first-order valence-corrected chi connectivity index (χ1v) is 10.1. The van der Waals surface area contributed by atoms with Gasteiger partial charge in [0, 0.05) is 12.1 Å². The number of nitrogens with one attached hydrogen (secondary N) is 1. The van der Waals surface area contributed by atoms with Crippen LogP contribution in [0.4, 0.5) is 11.4 Å². The number of sulfonamides is 1. The van der Waals surface area contributed by atoms with Crippen molar-refractivity contribution in [1.82, 2.24) is 0 Å². The van der Waals surface area contributed by atoms with Crippen LogP contribution in [0.15, 0.2) is 41.3 Å². The van der Waals surface area contributed by atoms with E-state index in [-0.39, 0.29) is 22.3 Å². The molecule has 2 aromatic carbocycles. The summed E-state index contributed by atoms with van der Waals surface area (Å²) < 4.78 is 23.8. The van der Waals surface area contributed by atoms with Crippen molar-refractivity contribution in [2.45, 2.75) is 42.5 Å². The van der Waals surface area contributed by atoms with Crippen molar-refractivity contribution in [1.29, 1.82) is 0 Å². The molecule has 26 heavy (non-hydrogen) atoms. The highest BCUT2D eigenvalue weighted by atomic mass is 32.2. The van der Waals surface area contributed by atoms with Crippen molar-refractivity contribution in [3.05, 3.63) is 63.2 Å². The second-order valence-electron chi connectivity index (χ2n) is 6.92. The van der Waals surface area contributed by atoms with E-state index < -0.39 is 14.9 Å². The summed E-state index contributed by atoms with van der Waals surface area (Å²) in [5.41, 5.74) is 3.88. The lowest BCUT2D eigenvalue weighted by atomic mass is 9.84. The third kappa shape index (κ3) is 2.85. The fraction of sp³-hybridized carbons (Fsp3) is 0.333. The summed E-state index contributed by atoms with van der Waals surface area (Å²) in [6.45, 7) is 0. The molecule has 0 heterocycles. The van der Waals surface area contributed by atoms with E-state index in [9.17, 15) is 18.5 Å². The zero-order valence-electron chi connectivity index (χ0n) is 14.0. The standard InChI is InChI=1S/C18H19N3O4S/c19-26(24,25)17-8-7-13(21(22)23)10-16(17)20-15-9-12-5-1-3-11-4-2-6-14(15)18(11)12/h2,4,6-8,10,12,15,20H,1,3,5,9H2,(H2,19,24,25). The number of nitro benzene ring substituents is 1. The van der Waals surface area contributed by atoms with Crippen LogP contribution in [-0.4, -0.2) is 13.3 Å². The van der Waals surface area contributed by atoms with Crippen LogP contribution < -0.4 is 10.5 Å². The molecule has 7 nitrogen and oxygen atoms in total. The van der Waals surface area contributed by atoms with E-state index in [2.05, 4.69) is 17.4 Å². The lowest BCUT2D eigenvalue weighted by molar-refractivity contribution is -0.384. The summed E-state index contributed by atoms with van der Waals surface area (Å²) >= 11 is 0. The van der Waals surface area contributed by atoms with Gasteiger partial charge >= 0.3 is 0 Å². The molecule has 136 valence electrons. The fourth-order valence-electron chi connectivity index (χ4n) is 4.30. The molecule has 2 aliphatic rings. The topological polar surface area (TPSA) is 115 Å². The van der Waals surface area contributed by atoms with Gasteiger partial charge in [-0.25, -0.2) is 13.6 Å². The largest absolute Gasteiger partial charge is 0.377 e. The Hall–Kier alpha value is -2.45. The number of anilines is 1. The second-order valence-corrected chi connectivity index (χ2v) is 8.45. The van der Waals surface area contributed by atoms with Crippen LogP contribution in [0, 0.1) is 10.1 Å². The molecule has 0 radical (unpaired) electrons. The van der Waals surface area contributed by atoms with Gasteiger partial charge in [0.05, 0.1) is 16.7 Å². The Morgan fingerprint density at radius 3 is 2.77 bits per heavy atom. The van der Waals surface area contributed by atoms with Crippen LogP contribution in [0.1, 0.15) is 47.9 Å². The average Bonchev–Trinajstić information content (AvgIpc) is 2.94. The maximum absolute atomic E-state index is 11.9. The Labute approximate surface area is 151 Å². The van der Waals surface area contributed by atoms with Gasteiger partial charge in [0.15, 0.2) is 0 Å². The van der Waals surface area contributed by atoms with Gasteiger partial charge in [-0.1, -0.05) is 18.2 Å². The predicted molar refractivity (Wildman–Crippen MR) is 97.6 cm³/mol. The van der Waals surface area contributed by atoms with Crippen LogP contribution in [0.3, 0.4) is 0 Å². The van der Waals surface area contributed by atoms with Crippen molar-refractivity contribution in [2.75, 3.05) is 5.32 Å². The van der Waals surface area contributed by atoms with Crippen molar-refractivity contribution in [2.24, 2.45) is 5.14 Å². The third-order valence-electron chi connectivity index (χ3n) is 5.34. The summed E-state index contributed by atoms with van der Waals surface area (Å²) in [6, 6.07) is 9.73. The van der Waals surface area contributed by atoms with Crippen LogP contribution in [-0.2, 0) is 16.4 Å². The Balaban J connectivity index is 1.76. The molecule has 2 aliphatic carbocycles. The van der Waals surface area contributed by atoms with Crippen molar-refractivity contribution >= 4 is 21.4 Å². The van der Waals surface area contributed by atoms with E-state index in [0.717, 1.165) is 37.3 Å². The third-order valence-corrected chi connectivity index (χ3v) is 6.31. The zero-order chi connectivity index (χ0) is 18.5. The average molecular weight is 373 g/mol. The zero-order valence-corrected chi connectivity index (χ0v) is 14.8. The van der Waals surface area contributed by atoms with Crippen LogP contribution in [0.5, 0.6) is 0 Å². The second kappa shape index (κ2) is 6.07. The van der Waals surface area contributed by atoms with E-state index in [4.69, 9.17) is 5.14 Å². The van der Waals surface area contributed by atoms with Gasteiger partial charge in [-0.2, -0.15) is 0 Å². The minimum absolute atomic E-state index is 0.0874. The highest BCUT2D eigenvalue weighted by Crippen LogP contribution is 2.48. The number of hydrogen-bond donors (Lipinski definition) is 2. The Morgan fingerprint density at radius 2 is 2.04 bits per heavy atom. The number of nitro groups is 1. The molecule has 0 spiro atoms. The quantitative estimate of drug-likeness (QED) is 0.631. The minimum atomic E-state index is -3.99. The summed E-state index contributed by atoms with van der Waals surface area (Å²) in [5.74, 6) is 0.448. The molecule has 3 N–H and O–H groups in total. The van der Waals surface area contributed by atoms with Crippen LogP contribution >= 0.6 is 0 Å². The normalized spacial score (nSPS) is 21.3. The van der Waals surface area contributed by atoms with Gasteiger partial charge in [0.25, 0.3) is 5.69 Å². The molecular formula is C18H19N3O4S. The van der Waals surface area contributed by atoms with Gasteiger partial charge in [-0.3, -0.25) is 10.1 Å². The Morgan fingerprint density at radius 1 is 1.23 bits per heavy atom. The number of aryl methyl sites for hydroxylation is 1. The predicted octanol–water partition coefficient (Wildman–Crippen LogP) is 3.22. The van der Waals surface area contributed by atoms with Crippen LogP contribution in [0.2, 0.25) is 0 Å². The summed E-state index contributed by atoms with van der Waals surface area (Å²) in [4.78, 5) is 10.4. The highest BCUT2D eigenvalue weighted by Gasteiger charge is 2.35. The number of non-ortho nitro benzene ring substituents is 1. The molecule has 2 atom stereocenters. The van der Waals surface area contributed by atoms with Gasteiger partial charge in [0.1, 0.15) is 4.90 Å². The number of hydrogen-bond acceptors (Lipinski definition) is 5. The summed E-state index contributed by atoms with van der Waals surface area (Å²) in [7, 11) is -3.99. The van der Waals surface area contributed by atoms with Gasteiger partial charge in [-0.15, -0.1) is 0 Å². The van der Waals surface area contributed by atoms with Crippen molar-refractivity contribution in [3.8, 4) is 0 Å². The molecule has 2 unspecified atom stereocenters. The Kier molecular flexibility index (Phi) is 3.96. The van der Waals surface area contributed by atoms with Crippen molar-refractivity contribution < 1.29 is 13.3 Å². The first-order chi connectivity index (χ1) is 12.3. The monoisotopic (exact) mass is 373 g/mol. The van der Waals surface area contributed by atoms with Gasteiger partial charge in [0.2, 0.25) is 10.0 Å². The SMILES string of the molecule is NS(=O)(=O)c1ccc([N+](=O)[O-])cc1NC1CC2CCCc3cccc1c32. The molecule has 0 bridgehead atoms. The van der Waals surface area contributed by atoms with Gasteiger partial charge in [-0.05, 0) is 54.4 Å². The first-order valence-electron chi connectivity index (χ1n) is 8.54. The maximum Gasteiger partial charge on any atom is 0.271 e. The maximum atomic E-state index is 11.9. The molecule has 4 rings (SSSR count). The molecule has 0 saturated carbocycles. The molecule has 0 amide bonds. The number of rotatable bonds is 4. The highest BCUT2D eigenvalue weighted by molar-refractivity contribution is 7.89. The molecule has 0 saturated heterocycles. The summed E-state index contributed by atoms with van der Waals surface area (Å²) in [6.07, 6.45) is 4.16. The Bertz CT molecular complexity index is 1000. The molecule has 0 fully saturated rings. The molecular weight excluding hydrogens is 354 g/mol. The number of primary sulfonamides is 1. The van der Waals surface area contributed by atoms with E-state index in [0.29, 0.717) is 5.92 Å². The smallest absolute Gasteiger partial charge is 0.271 e. The lowest BCUT2D eigenvalue weighted by Crippen LogP contribution is -2.17. The fourth-order valence-corrected chi connectivity index (χ4v) is 4.98. The lowest BCUT2D eigenvalue weighted by Gasteiger charge is -2.20. The van der Waals surface area contributed by atoms with Crippen LogP contribution in [0.25, 0.3) is 0 Å². The first kappa shape index (κ1) is 17.0. The molecule has 0 aliphatic heterocycles. The number of nitrogens with zero attached hydrogens (tertiary/aromatic N) is 1. The summed E-state index contributed by atoms with van der Waals surface area (Å²) in [5, 5.41) is 19.6. The molecule has 2 aromatic rings. The molecule has 8 heteroatoms. The number of nitrogens with two attached hydrogens (primary N) is 1.